The van der Waals surface area contributed by atoms with E-state index in [0.29, 0.717) is 0 Å². The van der Waals surface area contributed by atoms with Gasteiger partial charge in [-0.2, -0.15) is 0 Å². The van der Waals surface area contributed by atoms with Gasteiger partial charge >= 0.3 is 0 Å². The van der Waals surface area contributed by atoms with Crippen LogP contribution in [-0.4, -0.2) is 0 Å². The van der Waals surface area contributed by atoms with Crippen LogP contribution in [0.2, 0.25) is 0 Å². The van der Waals surface area contributed by atoms with Crippen LogP contribution >= 0.6 is 0 Å². The normalized spacial score (nSPS) is 11.8. The summed E-state index contributed by atoms with van der Waals surface area (Å²) in [6.07, 6.45) is 0. The Morgan fingerprint density at radius 2 is 0.635 bits per heavy atom. The monoisotopic (exact) mass is 803 g/mol. The highest BCUT2D eigenvalue weighted by Gasteiger charge is 2.18. The summed E-state index contributed by atoms with van der Waals surface area (Å²) in [7, 11) is 0. The first kappa shape index (κ1) is 35.4. The van der Waals surface area contributed by atoms with Crippen LogP contribution in [0.25, 0.3) is 110 Å². The van der Waals surface area contributed by atoms with Gasteiger partial charge in [-0.1, -0.05) is 170 Å². The summed E-state index contributed by atoms with van der Waals surface area (Å²) in [6, 6.07) is 80.5. The summed E-state index contributed by atoms with van der Waals surface area (Å²) in [5, 5.41) is 12.1. The van der Waals surface area contributed by atoms with E-state index in [1.807, 2.05) is 24.3 Å². The lowest BCUT2D eigenvalue weighted by molar-refractivity contribution is 0.669. The summed E-state index contributed by atoms with van der Waals surface area (Å²) in [4.78, 5) is 2.35. The highest BCUT2D eigenvalue weighted by molar-refractivity contribution is 6.25. The molecule has 0 amide bonds. The lowest BCUT2D eigenvalue weighted by atomic mass is 9.92. The number of hydrogen-bond donors (Lipinski definition) is 0. The summed E-state index contributed by atoms with van der Waals surface area (Å²) < 4.78 is 12.9. The van der Waals surface area contributed by atoms with Gasteiger partial charge in [0.2, 0.25) is 0 Å². The van der Waals surface area contributed by atoms with Gasteiger partial charge in [-0.25, -0.2) is 0 Å². The van der Waals surface area contributed by atoms with Gasteiger partial charge in [0, 0.05) is 49.7 Å². The molecule has 63 heavy (non-hydrogen) atoms. The molecule has 0 aliphatic heterocycles. The average molecular weight is 804 g/mol. The minimum atomic E-state index is 0.899. The lowest BCUT2D eigenvalue weighted by Crippen LogP contribution is -2.10. The van der Waals surface area contributed by atoms with Crippen LogP contribution < -0.4 is 4.90 Å². The molecule has 2 aromatic heterocycles. The van der Waals surface area contributed by atoms with Gasteiger partial charge in [-0.15, -0.1) is 0 Å². The van der Waals surface area contributed by atoms with E-state index in [-0.39, 0.29) is 0 Å². The molecular weight excluding hydrogens is 767 g/mol. The van der Waals surface area contributed by atoms with Crippen molar-refractivity contribution in [3.63, 3.8) is 0 Å². The Bertz CT molecular complexity index is 3720. The van der Waals surface area contributed by atoms with Crippen molar-refractivity contribution in [1.29, 1.82) is 0 Å². The summed E-state index contributed by atoms with van der Waals surface area (Å²) in [6.45, 7) is 0. The van der Waals surface area contributed by atoms with Crippen LogP contribution in [0.15, 0.2) is 233 Å². The largest absolute Gasteiger partial charge is 0.455 e. The van der Waals surface area contributed by atoms with E-state index in [1.54, 1.807) is 0 Å². The fraction of sp³-hybridized carbons (Fsp3) is 0. The van der Waals surface area contributed by atoms with Crippen LogP contribution in [0.3, 0.4) is 0 Å². The lowest BCUT2D eigenvalue weighted by Gasteiger charge is -2.26. The molecule has 0 saturated heterocycles. The number of nitrogens with zero attached hydrogens (tertiary/aromatic N) is 1. The third kappa shape index (κ3) is 5.67. The molecule has 13 aromatic rings. The molecule has 0 radical (unpaired) electrons. The Kier molecular flexibility index (Phi) is 7.91. The Morgan fingerprint density at radius 1 is 0.238 bits per heavy atom. The van der Waals surface area contributed by atoms with Crippen molar-refractivity contribution in [2.75, 3.05) is 4.90 Å². The van der Waals surface area contributed by atoms with Gasteiger partial charge in [0.1, 0.15) is 22.3 Å². The summed E-state index contributed by atoms with van der Waals surface area (Å²) >= 11 is 0. The number of fused-ring (bicyclic) bond motifs is 12. The maximum Gasteiger partial charge on any atom is 0.143 e. The number of para-hydroxylation sites is 4. The fourth-order valence-corrected chi connectivity index (χ4v) is 9.89. The van der Waals surface area contributed by atoms with E-state index in [9.17, 15) is 0 Å². The number of furan rings is 2. The minimum absolute atomic E-state index is 0.899. The van der Waals surface area contributed by atoms with E-state index in [1.165, 1.54) is 37.9 Å². The van der Waals surface area contributed by atoms with E-state index < -0.39 is 0 Å². The van der Waals surface area contributed by atoms with Crippen LogP contribution in [0.5, 0.6) is 0 Å². The molecule has 0 aliphatic rings. The van der Waals surface area contributed by atoms with Crippen molar-refractivity contribution in [3.8, 4) is 33.4 Å². The molecule has 0 spiro atoms. The molecule has 13 rings (SSSR count). The van der Waals surface area contributed by atoms with E-state index >= 15 is 0 Å². The molecule has 0 unspecified atom stereocenters. The van der Waals surface area contributed by atoms with Crippen molar-refractivity contribution < 1.29 is 8.83 Å². The maximum absolute atomic E-state index is 6.46. The molecule has 11 aromatic carbocycles. The van der Waals surface area contributed by atoms with Gasteiger partial charge in [-0.3, -0.25) is 0 Å². The Balaban J connectivity index is 0.942. The van der Waals surface area contributed by atoms with Gasteiger partial charge in [0.15, 0.2) is 0 Å². The molecule has 0 bridgehead atoms. The number of anilines is 3. The molecule has 2 heterocycles. The molecule has 0 N–H and O–H groups in total. The Labute approximate surface area is 363 Å². The van der Waals surface area contributed by atoms with Crippen molar-refractivity contribution in [2.45, 2.75) is 0 Å². The number of benzene rings is 11. The SMILES string of the molecule is c1cc(-c2ccc3c4ccccc4c4ccccc4c3c2)cc(N(c2ccc(-c3cccc4c3oc3ccccc34)cc2)c2ccc(-c3cccc4c3oc3ccccc34)cc2)c1. The molecule has 0 fully saturated rings. The minimum Gasteiger partial charge on any atom is -0.455 e. The average Bonchev–Trinajstić information content (AvgIpc) is 3.94. The molecular formula is C60H37NO2. The van der Waals surface area contributed by atoms with Gasteiger partial charge < -0.3 is 13.7 Å². The Hall–Kier alpha value is -8.40. The maximum atomic E-state index is 6.46. The first-order valence-corrected chi connectivity index (χ1v) is 21.5. The second kappa shape index (κ2) is 14.1. The number of hydrogen-bond acceptors (Lipinski definition) is 3. The molecule has 0 saturated carbocycles. The van der Waals surface area contributed by atoms with Gasteiger partial charge in [0.25, 0.3) is 0 Å². The zero-order chi connectivity index (χ0) is 41.4. The van der Waals surface area contributed by atoms with Gasteiger partial charge in [-0.05, 0) is 109 Å². The van der Waals surface area contributed by atoms with Crippen LogP contribution in [-0.2, 0) is 0 Å². The predicted molar refractivity (Wildman–Crippen MR) is 265 cm³/mol. The van der Waals surface area contributed by atoms with Crippen LogP contribution in [0, 0.1) is 0 Å². The quantitative estimate of drug-likeness (QED) is 0.157. The topological polar surface area (TPSA) is 29.5 Å². The predicted octanol–water partition coefficient (Wildman–Crippen LogP) is 17.4. The van der Waals surface area contributed by atoms with E-state index in [2.05, 4.69) is 205 Å². The smallest absolute Gasteiger partial charge is 0.143 e. The number of rotatable bonds is 6. The van der Waals surface area contributed by atoms with Gasteiger partial charge in [0.05, 0.1) is 0 Å². The molecule has 0 aliphatic carbocycles. The third-order valence-corrected chi connectivity index (χ3v) is 12.9. The first-order chi connectivity index (χ1) is 31.2. The highest BCUT2D eigenvalue weighted by Crippen LogP contribution is 2.43. The molecule has 0 atom stereocenters. The second-order valence-electron chi connectivity index (χ2n) is 16.4. The van der Waals surface area contributed by atoms with E-state index in [0.717, 1.165) is 88.8 Å². The van der Waals surface area contributed by atoms with Crippen molar-refractivity contribution in [2.24, 2.45) is 0 Å². The van der Waals surface area contributed by atoms with E-state index in [4.69, 9.17) is 8.83 Å². The zero-order valence-corrected chi connectivity index (χ0v) is 34.1. The second-order valence-corrected chi connectivity index (χ2v) is 16.4. The Morgan fingerprint density at radius 3 is 1.16 bits per heavy atom. The summed E-state index contributed by atoms with van der Waals surface area (Å²) in [5.41, 5.74) is 13.4. The van der Waals surface area contributed by atoms with Crippen LogP contribution in [0.1, 0.15) is 0 Å². The fourth-order valence-electron chi connectivity index (χ4n) is 9.89. The molecule has 3 nitrogen and oxygen atoms in total. The van der Waals surface area contributed by atoms with Crippen LogP contribution in [0.4, 0.5) is 17.1 Å². The molecule has 294 valence electrons. The zero-order valence-electron chi connectivity index (χ0n) is 34.1. The standard InChI is InChI=1S/C60H37NO2/c1-2-16-49-47(14-1)48-15-3-4-17-50(48)56-37-41(30-35-51(49)56)40-12-9-13-44(36-40)61(42-31-26-38(27-32-42)45-20-10-22-54-52-18-5-7-24-57(52)62-59(45)54)43-33-28-39(29-34-43)46-21-11-23-55-53-19-6-8-25-58(53)63-60(46)55/h1-37H. The first-order valence-electron chi connectivity index (χ1n) is 21.5. The van der Waals surface area contributed by atoms with Crippen molar-refractivity contribution in [3.05, 3.63) is 224 Å². The third-order valence-electron chi connectivity index (χ3n) is 12.9. The van der Waals surface area contributed by atoms with Crippen molar-refractivity contribution >= 4 is 93.3 Å². The highest BCUT2D eigenvalue weighted by atomic mass is 16.3. The molecule has 3 heteroatoms. The van der Waals surface area contributed by atoms with Crippen molar-refractivity contribution in [1.82, 2.24) is 0 Å². The summed E-state index contributed by atoms with van der Waals surface area (Å²) in [5.74, 6) is 0.